The molecule has 0 fully saturated rings. The Morgan fingerprint density at radius 3 is 2.88 bits per heavy atom. The first-order chi connectivity index (χ1) is 7.66. The molecular weight excluding hydrogens is 310 g/mol. The lowest BCUT2D eigenvalue weighted by Crippen LogP contribution is -2.05. The fourth-order valence-electron chi connectivity index (χ4n) is 1.28. The van der Waals surface area contributed by atoms with E-state index in [9.17, 15) is 4.79 Å². The lowest BCUT2D eigenvalue weighted by atomic mass is 10.2. The number of aromatic nitrogens is 1. The second-order valence-electron chi connectivity index (χ2n) is 3.14. The maximum Gasteiger partial charge on any atom is 0.187 e. The molecule has 5 heteroatoms. The molecule has 0 aliphatic heterocycles. The van der Waals surface area contributed by atoms with Crippen LogP contribution in [0.5, 0.6) is 0 Å². The van der Waals surface area contributed by atoms with Gasteiger partial charge in [-0.05, 0) is 40.2 Å². The van der Waals surface area contributed by atoms with Crippen LogP contribution in [-0.4, -0.2) is 10.8 Å². The summed E-state index contributed by atoms with van der Waals surface area (Å²) in [4.78, 5) is 16.9. The number of nitrogens with zero attached hydrogens (tertiary/aromatic N) is 1. The van der Waals surface area contributed by atoms with Crippen molar-refractivity contribution in [2.45, 2.75) is 6.42 Å². The van der Waals surface area contributed by atoms with Crippen molar-refractivity contribution >= 4 is 44.7 Å². The summed E-state index contributed by atoms with van der Waals surface area (Å²) in [7, 11) is 0. The van der Waals surface area contributed by atoms with Gasteiger partial charge in [-0.3, -0.25) is 9.78 Å². The summed E-state index contributed by atoms with van der Waals surface area (Å²) in [5.74, 6) is -0.00834. The number of rotatable bonds is 3. The predicted molar refractivity (Wildman–Crippen MR) is 69.3 cm³/mol. The Morgan fingerprint density at radius 1 is 1.44 bits per heavy atom. The third-order valence-corrected chi connectivity index (χ3v) is 3.86. The van der Waals surface area contributed by atoms with Crippen LogP contribution in [0.1, 0.15) is 15.4 Å². The van der Waals surface area contributed by atoms with E-state index in [0.717, 1.165) is 9.35 Å². The van der Waals surface area contributed by atoms with Crippen molar-refractivity contribution in [3.05, 3.63) is 49.8 Å². The molecule has 0 radical (unpaired) electrons. The van der Waals surface area contributed by atoms with Gasteiger partial charge in [0.2, 0.25) is 0 Å². The van der Waals surface area contributed by atoms with E-state index in [0.29, 0.717) is 16.5 Å². The summed E-state index contributed by atoms with van der Waals surface area (Å²) in [5.41, 5.74) is 0.465. The number of carbonyl (C=O) groups excluding carboxylic acids is 1. The number of ketones is 1. The molecule has 0 N–H and O–H groups in total. The van der Waals surface area contributed by atoms with Gasteiger partial charge in [0, 0.05) is 22.0 Å². The zero-order chi connectivity index (χ0) is 11.5. The van der Waals surface area contributed by atoms with Crippen molar-refractivity contribution in [2.75, 3.05) is 0 Å². The van der Waals surface area contributed by atoms with Crippen molar-refractivity contribution in [3.8, 4) is 0 Å². The molecule has 2 aromatic heterocycles. The van der Waals surface area contributed by atoms with E-state index in [1.54, 1.807) is 18.3 Å². The van der Waals surface area contributed by atoms with Crippen LogP contribution in [0.4, 0.5) is 0 Å². The topological polar surface area (TPSA) is 30.0 Å². The Morgan fingerprint density at radius 2 is 2.25 bits per heavy atom. The Bertz CT molecular complexity index is 526. The molecule has 0 unspecified atom stereocenters. The maximum absolute atomic E-state index is 11.9. The summed E-state index contributed by atoms with van der Waals surface area (Å²) < 4.78 is 1.42. The lowest BCUT2D eigenvalue weighted by molar-refractivity contribution is 0.0988. The van der Waals surface area contributed by atoms with Crippen LogP contribution >= 0.6 is 38.9 Å². The molecule has 16 heavy (non-hydrogen) atoms. The smallest absolute Gasteiger partial charge is 0.187 e. The first kappa shape index (κ1) is 11.8. The standard InChI is InChI=1S/C11H7BrClNOS/c12-8-2-1-5-14-11(8)9(15)6-7-3-4-10(13)16-7/h1-5H,6H2. The minimum absolute atomic E-state index is 0.00834. The van der Waals surface area contributed by atoms with Gasteiger partial charge in [-0.25, -0.2) is 0 Å². The number of halogens is 2. The highest BCUT2D eigenvalue weighted by Gasteiger charge is 2.12. The van der Waals surface area contributed by atoms with E-state index in [2.05, 4.69) is 20.9 Å². The first-order valence-corrected chi connectivity index (χ1v) is 6.53. The van der Waals surface area contributed by atoms with Crippen LogP contribution < -0.4 is 0 Å². The molecule has 0 saturated heterocycles. The van der Waals surface area contributed by atoms with Crippen LogP contribution in [0.3, 0.4) is 0 Å². The van der Waals surface area contributed by atoms with E-state index in [4.69, 9.17) is 11.6 Å². The van der Waals surface area contributed by atoms with Crippen molar-refractivity contribution in [2.24, 2.45) is 0 Å². The van der Waals surface area contributed by atoms with E-state index >= 15 is 0 Å². The number of pyridine rings is 1. The highest BCUT2D eigenvalue weighted by molar-refractivity contribution is 9.10. The van der Waals surface area contributed by atoms with Gasteiger partial charge < -0.3 is 0 Å². The quantitative estimate of drug-likeness (QED) is 0.802. The number of hydrogen-bond donors (Lipinski definition) is 0. The van der Waals surface area contributed by atoms with E-state index in [-0.39, 0.29) is 5.78 Å². The minimum Gasteiger partial charge on any atom is -0.292 e. The highest BCUT2D eigenvalue weighted by atomic mass is 79.9. The largest absolute Gasteiger partial charge is 0.292 e. The molecule has 2 aromatic rings. The van der Waals surface area contributed by atoms with Crippen molar-refractivity contribution in [3.63, 3.8) is 0 Å². The Balaban J connectivity index is 2.18. The van der Waals surface area contributed by atoms with E-state index in [1.807, 2.05) is 12.1 Å². The van der Waals surface area contributed by atoms with Gasteiger partial charge in [-0.2, -0.15) is 0 Å². The number of carbonyl (C=O) groups is 1. The predicted octanol–water partition coefficient (Wildman–Crippen LogP) is 3.98. The molecule has 0 amide bonds. The Hall–Kier alpha value is -0.710. The zero-order valence-corrected chi connectivity index (χ0v) is 11.3. The van der Waals surface area contributed by atoms with Gasteiger partial charge in [0.1, 0.15) is 5.69 Å². The summed E-state index contributed by atoms with van der Waals surface area (Å²) in [6, 6.07) is 7.24. The second-order valence-corrected chi connectivity index (χ2v) is 5.79. The Labute approximate surface area is 110 Å². The van der Waals surface area contributed by atoms with Crippen LogP contribution in [-0.2, 0) is 6.42 Å². The Kier molecular flexibility index (Phi) is 3.74. The molecule has 0 spiro atoms. The first-order valence-electron chi connectivity index (χ1n) is 4.55. The molecule has 82 valence electrons. The molecule has 2 rings (SSSR count). The SMILES string of the molecule is O=C(Cc1ccc(Cl)s1)c1ncccc1Br. The number of Topliss-reactive ketones (excluding diaryl/α,β-unsaturated/α-hetero) is 1. The zero-order valence-electron chi connectivity index (χ0n) is 8.11. The molecule has 2 nitrogen and oxygen atoms in total. The summed E-state index contributed by atoms with van der Waals surface area (Å²) in [5, 5.41) is 0. The summed E-state index contributed by atoms with van der Waals surface area (Å²) in [6.45, 7) is 0. The number of hydrogen-bond acceptors (Lipinski definition) is 3. The highest BCUT2D eigenvalue weighted by Crippen LogP contribution is 2.23. The van der Waals surface area contributed by atoms with Crippen LogP contribution in [0.25, 0.3) is 0 Å². The summed E-state index contributed by atoms with van der Waals surface area (Å²) in [6.07, 6.45) is 1.95. The fourth-order valence-corrected chi connectivity index (χ4v) is 2.84. The van der Waals surface area contributed by atoms with Gasteiger partial charge >= 0.3 is 0 Å². The van der Waals surface area contributed by atoms with E-state index in [1.165, 1.54) is 11.3 Å². The number of thiophene rings is 1. The van der Waals surface area contributed by atoms with Gasteiger partial charge in [-0.15, -0.1) is 11.3 Å². The summed E-state index contributed by atoms with van der Waals surface area (Å²) >= 11 is 10.5. The normalized spacial score (nSPS) is 10.4. The minimum atomic E-state index is -0.00834. The van der Waals surface area contributed by atoms with Crippen molar-refractivity contribution in [1.82, 2.24) is 4.98 Å². The van der Waals surface area contributed by atoms with Crippen LogP contribution in [0, 0.1) is 0 Å². The second kappa shape index (κ2) is 5.08. The van der Waals surface area contributed by atoms with Crippen molar-refractivity contribution < 1.29 is 4.79 Å². The van der Waals surface area contributed by atoms with Gasteiger partial charge in [0.25, 0.3) is 0 Å². The van der Waals surface area contributed by atoms with Crippen LogP contribution in [0.15, 0.2) is 34.9 Å². The van der Waals surface area contributed by atoms with Gasteiger partial charge in [0.15, 0.2) is 5.78 Å². The van der Waals surface area contributed by atoms with Crippen LogP contribution in [0.2, 0.25) is 4.34 Å². The van der Waals surface area contributed by atoms with Crippen molar-refractivity contribution in [1.29, 1.82) is 0 Å². The molecule has 0 aliphatic rings. The van der Waals surface area contributed by atoms with E-state index < -0.39 is 0 Å². The molecule has 2 heterocycles. The molecular formula is C11H7BrClNOS. The molecule has 0 aromatic carbocycles. The third-order valence-electron chi connectivity index (χ3n) is 1.99. The maximum atomic E-state index is 11.9. The third kappa shape index (κ3) is 2.70. The molecule has 0 saturated carbocycles. The average molecular weight is 317 g/mol. The molecule has 0 bridgehead atoms. The monoisotopic (exact) mass is 315 g/mol. The van der Waals surface area contributed by atoms with Gasteiger partial charge in [0.05, 0.1) is 4.34 Å². The van der Waals surface area contributed by atoms with Gasteiger partial charge in [-0.1, -0.05) is 11.6 Å². The molecule has 0 atom stereocenters. The molecule has 0 aliphatic carbocycles. The average Bonchev–Trinajstić information content (AvgIpc) is 2.64. The lowest BCUT2D eigenvalue weighted by Gasteiger charge is -2.00. The fraction of sp³-hybridized carbons (Fsp3) is 0.0909.